The third kappa shape index (κ3) is 5.21. The monoisotopic (exact) mass is 660 g/mol. The van der Waals surface area contributed by atoms with Crippen LogP contribution in [0.5, 0.6) is 0 Å². The largest absolute Gasteiger partial charge is 0.310 e. The average molecular weight is 661 g/mol. The molecule has 3 atom stereocenters. The second-order valence-electron chi connectivity index (χ2n) is 19.9. The fourth-order valence-corrected chi connectivity index (χ4v) is 19.0. The molecule has 2 nitrogen and oxygen atoms in total. The Kier molecular flexibility index (Phi) is 8.18. The standard InChI is InChI=1S/C42H66N2P2/c1-39(2,3)35-10-11-36(34(20-35)27-46(37-8-4-6-12-43-37)38-9-5-7-13-44-38)42(45,40-21-28-14-29(22-40)16-30(15-28)23-40)41-24-31-17-32(25-41)19-33(18-31)26-41/h10-11,20,28-33,37-38,43-44H,4-9,12-19,21-27,45H2,1-3H3. The molecule has 10 aliphatic rings. The molecule has 2 N–H and O–H groups in total. The average Bonchev–Trinajstić information content (AvgIpc) is 3.02. The fourth-order valence-electron chi connectivity index (χ4n) is 14.8. The molecule has 8 aliphatic carbocycles. The second-order valence-corrected chi connectivity index (χ2v) is 23.4. The molecule has 3 unspecified atom stereocenters. The normalized spacial score (nSPS) is 45.1. The molecule has 0 amide bonds. The van der Waals surface area contributed by atoms with E-state index in [-0.39, 0.29) is 18.5 Å². The van der Waals surface area contributed by atoms with E-state index in [1.165, 1.54) is 96.3 Å². The molecule has 2 saturated heterocycles. The first-order valence-electron chi connectivity index (χ1n) is 20.3. The fraction of sp³-hybridized carbons (Fsp3) is 0.857. The lowest BCUT2D eigenvalue weighted by molar-refractivity contribution is -0.158. The maximum Gasteiger partial charge on any atom is 0.0286 e. The van der Waals surface area contributed by atoms with E-state index in [9.17, 15) is 0 Å². The van der Waals surface area contributed by atoms with Crippen LogP contribution >= 0.6 is 17.2 Å². The lowest BCUT2D eigenvalue weighted by Gasteiger charge is -2.72. The molecular weight excluding hydrogens is 594 g/mol. The molecule has 0 radical (unpaired) electrons. The van der Waals surface area contributed by atoms with E-state index < -0.39 is 0 Å². The summed E-state index contributed by atoms with van der Waals surface area (Å²) in [5.74, 6) is 7.49. The van der Waals surface area contributed by atoms with E-state index in [1.54, 1.807) is 49.7 Å². The summed E-state index contributed by atoms with van der Waals surface area (Å²) in [5.41, 5.74) is 6.41. The summed E-state index contributed by atoms with van der Waals surface area (Å²) in [7, 11) is 3.76. The lowest BCUT2D eigenvalue weighted by atomic mass is 9.37. The molecule has 1 aromatic rings. The first-order chi connectivity index (χ1) is 22.1. The number of hydrogen-bond donors (Lipinski definition) is 2. The molecule has 46 heavy (non-hydrogen) atoms. The van der Waals surface area contributed by atoms with Crippen LogP contribution in [-0.2, 0) is 16.7 Å². The first-order valence-corrected chi connectivity index (χ1v) is 22.5. The quantitative estimate of drug-likeness (QED) is 0.285. The highest BCUT2D eigenvalue weighted by Gasteiger charge is 2.69. The third-order valence-corrected chi connectivity index (χ3v) is 20.6. The molecule has 0 aromatic heterocycles. The zero-order valence-corrected chi connectivity index (χ0v) is 31.8. The van der Waals surface area contributed by atoms with Crippen LogP contribution in [0, 0.1) is 46.3 Å². The van der Waals surface area contributed by atoms with Crippen LogP contribution in [0.4, 0.5) is 0 Å². The zero-order chi connectivity index (χ0) is 31.3. The second kappa shape index (κ2) is 11.8. The van der Waals surface area contributed by atoms with Crippen molar-refractivity contribution in [3.63, 3.8) is 0 Å². The van der Waals surface area contributed by atoms with Crippen LogP contribution in [0.15, 0.2) is 18.2 Å². The summed E-state index contributed by atoms with van der Waals surface area (Å²) in [6.07, 6.45) is 28.3. The van der Waals surface area contributed by atoms with Gasteiger partial charge in [0.1, 0.15) is 0 Å². The van der Waals surface area contributed by atoms with Gasteiger partial charge in [0.25, 0.3) is 0 Å². The highest BCUT2D eigenvalue weighted by Crippen LogP contribution is 2.78. The van der Waals surface area contributed by atoms with Crippen LogP contribution in [-0.4, -0.2) is 24.7 Å². The summed E-state index contributed by atoms with van der Waals surface area (Å²) >= 11 is 0. The smallest absolute Gasteiger partial charge is 0.0286 e. The molecule has 1 aromatic carbocycles. The minimum atomic E-state index is -0.183. The van der Waals surface area contributed by atoms with Gasteiger partial charge < -0.3 is 10.6 Å². The summed E-state index contributed by atoms with van der Waals surface area (Å²) in [5, 5.41) is 8.52. The Morgan fingerprint density at radius 3 is 1.48 bits per heavy atom. The van der Waals surface area contributed by atoms with Crippen LogP contribution in [0.25, 0.3) is 0 Å². The van der Waals surface area contributed by atoms with Gasteiger partial charge in [-0.3, -0.25) is 0 Å². The number of piperidine rings is 2. The molecule has 4 heteroatoms. The van der Waals surface area contributed by atoms with Crippen molar-refractivity contribution >= 4 is 17.2 Å². The number of nitrogens with one attached hydrogen (secondary N) is 2. The zero-order valence-electron chi connectivity index (χ0n) is 29.7. The van der Waals surface area contributed by atoms with Crippen molar-refractivity contribution in [2.75, 3.05) is 13.1 Å². The van der Waals surface area contributed by atoms with E-state index in [0.717, 1.165) is 47.1 Å². The summed E-state index contributed by atoms with van der Waals surface area (Å²) in [6, 6.07) is 8.25. The number of hydrogen-bond acceptors (Lipinski definition) is 2. The van der Waals surface area contributed by atoms with Crippen molar-refractivity contribution in [3.05, 3.63) is 34.9 Å². The molecule has 10 fully saturated rings. The van der Waals surface area contributed by atoms with Gasteiger partial charge in [-0.25, -0.2) is 0 Å². The van der Waals surface area contributed by atoms with Crippen molar-refractivity contribution in [3.8, 4) is 0 Å². The van der Waals surface area contributed by atoms with Crippen molar-refractivity contribution in [2.24, 2.45) is 46.3 Å². The van der Waals surface area contributed by atoms with E-state index in [2.05, 4.69) is 58.8 Å². The van der Waals surface area contributed by atoms with Crippen molar-refractivity contribution in [1.82, 2.24) is 10.6 Å². The Morgan fingerprint density at radius 1 is 0.674 bits per heavy atom. The Labute approximate surface area is 285 Å². The molecule has 2 aliphatic heterocycles. The van der Waals surface area contributed by atoms with Crippen molar-refractivity contribution in [2.45, 2.75) is 165 Å². The molecular formula is C42H66N2P2. The Morgan fingerprint density at radius 2 is 1.11 bits per heavy atom. The SMILES string of the molecule is CC(C)(C)c1ccc(C(P)(C23CC4CC(CC(C4)C2)C3)C23CC4CC(CC(C4)C2)C3)c(CP(C2CCCCN2)C2CCCCN2)c1. The van der Waals surface area contributed by atoms with Crippen molar-refractivity contribution in [1.29, 1.82) is 0 Å². The molecule has 8 saturated carbocycles. The van der Waals surface area contributed by atoms with Gasteiger partial charge in [-0.15, -0.1) is 9.24 Å². The molecule has 2 heterocycles. The van der Waals surface area contributed by atoms with Gasteiger partial charge in [0, 0.05) is 16.7 Å². The summed E-state index contributed by atoms with van der Waals surface area (Å²) in [6.45, 7) is 9.86. The van der Waals surface area contributed by atoms with E-state index in [4.69, 9.17) is 0 Å². The van der Waals surface area contributed by atoms with E-state index >= 15 is 0 Å². The Balaban J connectivity index is 1.21. The molecule has 8 bridgehead atoms. The van der Waals surface area contributed by atoms with Crippen LogP contribution < -0.4 is 10.6 Å². The van der Waals surface area contributed by atoms with E-state index in [0.29, 0.717) is 10.8 Å². The van der Waals surface area contributed by atoms with Gasteiger partial charge in [0.15, 0.2) is 0 Å². The number of benzene rings is 1. The molecule has 0 spiro atoms. The van der Waals surface area contributed by atoms with Gasteiger partial charge in [0.2, 0.25) is 0 Å². The predicted octanol–water partition coefficient (Wildman–Crippen LogP) is 10.7. The summed E-state index contributed by atoms with van der Waals surface area (Å²) in [4.78, 5) is 0. The molecule has 11 rings (SSSR count). The Hall–Kier alpha value is -0.0000000000000000555. The Bertz CT molecular complexity index is 1150. The predicted molar refractivity (Wildman–Crippen MR) is 200 cm³/mol. The topological polar surface area (TPSA) is 24.1 Å². The number of rotatable bonds is 7. The van der Waals surface area contributed by atoms with Gasteiger partial charge in [-0.1, -0.05) is 59.7 Å². The van der Waals surface area contributed by atoms with Gasteiger partial charge in [-0.05, 0) is 190 Å². The van der Waals surface area contributed by atoms with E-state index in [1.807, 2.05) is 5.56 Å². The minimum absolute atomic E-state index is 0.183. The van der Waals surface area contributed by atoms with Crippen LogP contribution in [0.3, 0.4) is 0 Å². The highest BCUT2D eigenvalue weighted by atomic mass is 31.1. The van der Waals surface area contributed by atoms with Crippen LogP contribution in [0.2, 0.25) is 0 Å². The minimum Gasteiger partial charge on any atom is -0.310 e. The first kappa shape index (κ1) is 31.9. The lowest BCUT2D eigenvalue weighted by Crippen LogP contribution is -2.64. The third-order valence-electron chi connectivity index (χ3n) is 15.9. The molecule has 254 valence electrons. The van der Waals surface area contributed by atoms with Gasteiger partial charge >= 0.3 is 0 Å². The van der Waals surface area contributed by atoms with Gasteiger partial charge in [0.05, 0.1) is 0 Å². The summed E-state index contributed by atoms with van der Waals surface area (Å²) < 4.78 is 0. The maximum atomic E-state index is 4.14. The highest BCUT2D eigenvalue weighted by molar-refractivity contribution is 7.58. The van der Waals surface area contributed by atoms with Crippen molar-refractivity contribution < 1.29 is 0 Å². The van der Waals surface area contributed by atoms with Gasteiger partial charge in [-0.2, -0.15) is 0 Å². The maximum absolute atomic E-state index is 4.14. The van der Waals surface area contributed by atoms with Crippen LogP contribution in [0.1, 0.15) is 153 Å².